The molecule has 2 N–H and O–H groups in total. The molecule has 5 aliphatic heterocycles. The molecule has 5 heterocycles. The van der Waals surface area contributed by atoms with Gasteiger partial charge in [-0.25, -0.2) is 0 Å². The Labute approximate surface area is 453 Å². The van der Waals surface area contributed by atoms with Crippen LogP contribution in [0, 0.1) is 11.8 Å². The molecule has 0 saturated carbocycles. The summed E-state index contributed by atoms with van der Waals surface area (Å²) in [6.45, 7) is 34.9. The molecule has 19 unspecified atom stereocenters. The maximum Gasteiger partial charge on any atom is 0.308 e. The van der Waals surface area contributed by atoms with E-state index < -0.39 is 120 Å². The second-order valence-corrected chi connectivity index (χ2v) is 35.4. The molecule has 5 rings (SSSR count). The third-order valence-electron chi connectivity index (χ3n) is 17.2. The van der Waals surface area contributed by atoms with Gasteiger partial charge in [-0.1, -0.05) is 72.8 Å². The molecule has 4 saturated heterocycles. The van der Waals surface area contributed by atoms with Gasteiger partial charge in [0.15, 0.2) is 41.6 Å². The summed E-state index contributed by atoms with van der Waals surface area (Å²) in [5, 5.41) is 15.2. The van der Waals surface area contributed by atoms with Crippen molar-refractivity contribution in [3.05, 3.63) is 24.3 Å². The van der Waals surface area contributed by atoms with E-state index in [-0.39, 0.29) is 53.0 Å². The summed E-state index contributed by atoms with van der Waals surface area (Å²) in [6.07, 6.45) is 1.04. The number of allylic oxidation sites excluding steroid dienone is 2. The zero-order valence-corrected chi connectivity index (χ0v) is 51.8. The fraction of sp³-hybridized carbons (Fsp3) is 0.893. The molecule has 0 spiro atoms. The van der Waals surface area contributed by atoms with Crippen LogP contribution in [0.25, 0.3) is 0 Å². The molecule has 5 aliphatic rings. The Balaban J connectivity index is 1.57. The summed E-state index contributed by atoms with van der Waals surface area (Å²) >= 11 is 0. The van der Waals surface area contributed by atoms with Gasteiger partial charge in [0.05, 0.1) is 60.8 Å². The van der Waals surface area contributed by atoms with Crippen LogP contribution in [0.5, 0.6) is 0 Å². The number of fused-ring (bicyclic) bond motifs is 3. The maximum atomic E-state index is 14.0. The highest BCUT2D eigenvalue weighted by molar-refractivity contribution is 6.74. The van der Waals surface area contributed by atoms with Gasteiger partial charge in [0.25, 0.3) is 0 Å². The normalized spacial score (nSPS) is 40.3. The molecule has 0 amide bonds. The van der Waals surface area contributed by atoms with Crippen LogP contribution < -0.4 is 5.32 Å². The van der Waals surface area contributed by atoms with Gasteiger partial charge in [0.1, 0.15) is 24.6 Å². The number of carbonyl (C=O) groups excluding carboxylic acids is 2. The van der Waals surface area contributed by atoms with Crippen molar-refractivity contribution < 1.29 is 70.9 Å². The minimum Gasteiger partial charge on any atom is -0.462 e. The zero-order valence-electron chi connectivity index (χ0n) is 49.8. The van der Waals surface area contributed by atoms with E-state index in [1.165, 1.54) is 6.92 Å². The molecule has 17 nitrogen and oxygen atoms in total. The number of ether oxygens (including phenoxy) is 10. The predicted octanol–water partition coefficient (Wildman–Crippen LogP) is 8.77. The summed E-state index contributed by atoms with van der Waals surface area (Å²) in [4.78, 5) is 29.3. The van der Waals surface area contributed by atoms with Crippen molar-refractivity contribution in [1.29, 1.82) is 0 Å². The predicted molar refractivity (Wildman–Crippen MR) is 293 cm³/mol. The molecule has 434 valence electrons. The fourth-order valence-corrected chi connectivity index (χ4v) is 13.5. The first-order chi connectivity index (χ1) is 34.7. The van der Waals surface area contributed by atoms with Crippen LogP contribution >= 0.6 is 0 Å². The van der Waals surface area contributed by atoms with Crippen LogP contribution in [0.2, 0.25) is 36.3 Å². The number of esters is 2. The van der Waals surface area contributed by atoms with Gasteiger partial charge in [-0.15, -0.1) is 0 Å². The van der Waals surface area contributed by atoms with Gasteiger partial charge < -0.3 is 71.5 Å². The Kier molecular flexibility index (Phi) is 22.5. The second kappa shape index (κ2) is 26.3. The zero-order chi connectivity index (χ0) is 56.2. The average molecular weight is 1100 g/mol. The van der Waals surface area contributed by atoms with Gasteiger partial charge in [0, 0.05) is 39.3 Å². The maximum absolute atomic E-state index is 14.0. The highest BCUT2D eigenvalue weighted by Crippen LogP contribution is 2.45. The number of methoxy groups -OCH3 is 1. The van der Waals surface area contributed by atoms with Gasteiger partial charge in [-0.2, -0.15) is 0 Å². The van der Waals surface area contributed by atoms with E-state index in [2.05, 4.69) is 93.0 Å². The van der Waals surface area contributed by atoms with E-state index in [1.54, 1.807) is 14.0 Å². The van der Waals surface area contributed by atoms with Crippen LogP contribution in [0.1, 0.15) is 135 Å². The van der Waals surface area contributed by atoms with Crippen molar-refractivity contribution in [2.75, 3.05) is 28.3 Å². The lowest BCUT2D eigenvalue weighted by Gasteiger charge is -2.52. The van der Waals surface area contributed by atoms with E-state index in [4.69, 9.17) is 56.2 Å². The van der Waals surface area contributed by atoms with Crippen molar-refractivity contribution in [3.63, 3.8) is 0 Å². The number of hydrogen-bond acceptors (Lipinski definition) is 17. The first-order valence-electron chi connectivity index (χ1n) is 27.9. The van der Waals surface area contributed by atoms with Gasteiger partial charge in [0.2, 0.25) is 0 Å². The highest BCUT2D eigenvalue weighted by atomic mass is 28.4. The number of likely N-dealkylation sites (N-methyl/N-ethyl adjacent to an activating group) is 2. The van der Waals surface area contributed by atoms with Crippen LogP contribution in [0.15, 0.2) is 24.3 Å². The van der Waals surface area contributed by atoms with E-state index in [1.807, 2.05) is 65.0 Å². The first-order valence-corrected chi connectivity index (χ1v) is 33.7. The van der Waals surface area contributed by atoms with E-state index in [0.29, 0.717) is 19.3 Å². The minimum atomic E-state index is -2.50. The quantitative estimate of drug-likeness (QED) is 0.124. The monoisotopic (exact) mass is 1100 g/mol. The smallest absolute Gasteiger partial charge is 0.308 e. The highest BCUT2D eigenvalue weighted by Gasteiger charge is 2.56. The molecule has 0 aromatic carbocycles. The molecule has 0 radical (unpaired) electrons. The number of nitrogens with zero attached hydrogens (tertiary/aromatic N) is 1. The van der Waals surface area contributed by atoms with Crippen LogP contribution in [-0.2, 0) is 65.8 Å². The van der Waals surface area contributed by atoms with Crippen molar-refractivity contribution in [1.82, 2.24) is 10.2 Å². The van der Waals surface area contributed by atoms with Crippen LogP contribution in [0.4, 0.5) is 0 Å². The molecule has 19 heteroatoms. The summed E-state index contributed by atoms with van der Waals surface area (Å²) in [6, 6.07) is -0.401. The molecule has 4 fully saturated rings. The lowest BCUT2D eigenvalue weighted by molar-refractivity contribution is -0.343. The largest absolute Gasteiger partial charge is 0.462 e. The Hall–Kier alpha value is -1.67. The molecule has 0 aliphatic carbocycles. The van der Waals surface area contributed by atoms with Crippen LogP contribution in [0.3, 0.4) is 0 Å². The number of hydrogen-bond donors (Lipinski definition) is 2. The molecule has 0 aromatic rings. The standard InChI is InChI=1S/C56H102N2O15Si2/c1-33-29-39-30-45(72-74(18,19)54(7,8)9)69-42(31-43(60)63-34(2)25-23-22-24-26-41(33)68-44-28-27-40(57-14)35(3)64-44)50(62-17)49(39)71-53-51(67-38(6)59)47(58(15)16)48(36(4)66-53)70-46-32-56(13,61)52(37(5)65-46)73-75(20,21)55(10,11)12/h22-24,26,33-37,39-42,44-53,57,61H,25,27-32H2,1-21H3/t33?,34?,35?,36?,37?,39?,40?,41?,42?,44?,45?,46?,47?,48?,49?,50?,51?,52?,53?,56-/m1/s1. The lowest BCUT2D eigenvalue weighted by Crippen LogP contribution is -2.67. The summed E-state index contributed by atoms with van der Waals surface area (Å²) in [5.74, 6) is -1.45. The third kappa shape index (κ3) is 16.7. The Morgan fingerprint density at radius 1 is 0.787 bits per heavy atom. The van der Waals surface area contributed by atoms with E-state index in [0.717, 1.165) is 12.8 Å². The van der Waals surface area contributed by atoms with Gasteiger partial charge >= 0.3 is 11.9 Å². The SMILES string of the molecule is CNC1CCC(OC2C=CC=CCC(C)OC(=O)CC3OC(O[Si](C)(C)C(C)(C)C)CC(CC2C)C(OC2OC(C)C(OC4C[C@@](C)(O)C(O[Si](C)(C)C(C)(C)C)C(C)O4)C(N(C)C)C2OC(C)=O)C3OC)OC1C. The third-order valence-corrected chi connectivity index (χ3v) is 26.1. The number of carbonyl (C=O) groups is 2. The topological polar surface area (TPSA) is 180 Å². The molecule has 20 atom stereocenters. The second-order valence-electron chi connectivity index (χ2n) is 25.9. The molecule has 0 aromatic heterocycles. The molecular weight excluding hydrogens is 997 g/mol. The van der Waals surface area contributed by atoms with E-state index >= 15 is 0 Å². The van der Waals surface area contributed by atoms with Gasteiger partial charge in [-0.3, -0.25) is 9.59 Å². The number of rotatable bonds is 14. The fourth-order valence-electron chi connectivity index (χ4n) is 10.9. The molecule has 2 bridgehead atoms. The molecule has 75 heavy (non-hydrogen) atoms. The number of nitrogens with one attached hydrogen (secondary N) is 1. The Morgan fingerprint density at radius 3 is 2.00 bits per heavy atom. The van der Waals surface area contributed by atoms with Crippen molar-refractivity contribution in [2.45, 2.75) is 281 Å². The molecular formula is C56H102N2O15Si2. The van der Waals surface area contributed by atoms with Crippen molar-refractivity contribution in [2.24, 2.45) is 11.8 Å². The minimum absolute atomic E-state index is 0.0419. The van der Waals surface area contributed by atoms with E-state index in [9.17, 15) is 14.7 Å². The van der Waals surface area contributed by atoms with Gasteiger partial charge in [-0.05, 0) is 123 Å². The number of aliphatic hydroxyl groups is 1. The summed E-state index contributed by atoms with van der Waals surface area (Å²) in [7, 11) is 2.56. The summed E-state index contributed by atoms with van der Waals surface area (Å²) in [5.41, 5.74) is -1.29. The Bertz CT molecular complexity index is 1890. The Morgan fingerprint density at radius 2 is 1.43 bits per heavy atom. The summed E-state index contributed by atoms with van der Waals surface area (Å²) < 4.78 is 81.0. The lowest BCUT2D eigenvalue weighted by atomic mass is 9.82. The van der Waals surface area contributed by atoms with Crippen molar-refractivity contribution >= 4 is 28.6 Å². The van der Waals surface area contributed by atoms with Crippen molar-refractivity contribution in [3.8, 4) is 0 Å². The van der Waals surface area contributed by atoms with Crippen LogP contribution in [-0.4, -0.2) is 177 Å². The first kappa shape index (κ1) is 64.2. The number of cyclic esters (lactones) is 1. The average Bonchev–Trinajstić information content (AvgIpc) is 3.38.